The van der Waals surface area contributed by atoms with E-state index in [0.717, 1.165) is 3.97 Å². The molecule has 8 nitrogen and oxygen atoms in total. The summed E-state index contributed by atoms with van der Waals surface area (Å²) in [5, 5.41) is 12.8. The fraction of sp³-hybridized carbons (Fsp3) is 0.208. The predicted octanol–water partition coefficient (Wildman–Crippen LogP) is 3.48. The molecule has 2 heterocycles. The molecule has 5 rings (SSSR count). The molecule has 0 saturated heterocycles. The van der Waals surface area contributed by atoms with Crippen molar-refractivity contribution in [2.24, 2.45) is 0 Å². The van der Waals surface area contributed by atoms with Gasteiger partial charge >= 0.3 is 5.69 Å². The van der Waals surface area contributed by atoms with Crippen LogP contribution in [0.5, 0.6) is 0 Å². The Labute approximate surface area is 195 Å². The third-order valence-corrected chi connectivity index (χ3v) is 8.06. The highest BCUT2D eigenvalue weighted by Crippen LogP contribution is 2.34. The number of benzene rings is 2. The Bertz CT molecular complexity index is 1600. The molecule has 1 aliphatic carbocycles. The molecule has 0 unspecified atom stereocenters. The van der Waals surface area contributed by atoms with Gasteiger partial charge in [-0.1, -0.05) is 12.1 Å². The van der Waals surface area contributed by atoms with E-state index in [9.17, 15) is 17.6 Å². The van der Waals surface area contributed by atoms with Crippen LogP contribution in [0, 0.1) is 18.3 Å². The van der Waals surface area contributed by atoms with E-state index in [1.54, 1.807) is 55.5 Å². The number of halogens is 1. The lowest BCUT2D eigenvalue weighted by atomic mass is 10.2. The standard InChI is InChI=1S/C24H20FN5O3S/c1-16-23(22-11-12-27-29(22)19-7-5-17(15-26)6-8-19)30(34(32,33)21-9-10-21)24(31)28(16)20-4-2-3-18(13-20)14-25/h2-8,11-13,21H,9-10,14H2,1H3. The van der Waals surface area contributed by atoms with Gasteiger partial charge in [0.2, 0.25) is 10.0 Å². The van der Waals surface area contributed by atoms with E-state index < -0.39 is 27.6 Å². The smallest absolute Gasteiger partial charge is 0.264 e. The molecule has 1 fully saturated rings. The number of hydrogen-bond acceptors (Lipinski definition) is 5. The first kappa shape index (κ1) is 21.9. The first-order valence-corrected chi connectivity index (χ1v) is 12.2. The van der Waals surface area contributed by atoms with Crippen molar-refractivity contribution < 1.29 is 12.8 Å². The molecule has 2 aromatic heterocycles. The van der Waals surface area contributed by atoms with E-state index in [1.807, 2.05) is 0 Å². The van der Waals surface area contributed by atoms with Crippen LogP contribution in [-0.2, 0) is 16.7 Å². The number of nitriles is 1. The van der Waals surface area contributed by atoms with Gasteiger partial charge in [0.25, 0.3) is 0 Å². The number of imidazole rings is 1. The zero-order valence-corrected chi connectivity index (χ0v) is 19.0. The number of nitrogens with zero attached hydrogens (tertiary/aromatic N) is 5. The summed E-state index contributed by atoms with van der Waals surface area (Å²) in [6, 6.07) is 16.8. The Morgan fingerprint density at radius 3 is 2.50 bits per heavy atom. The maximum Gasteiger partial charge on any atom is 0.347 e. The molecule has 4 aromatic rings. The maximum absolute atomic E-state index is 13.6. The van der Waals surface area contributed by atoms with Crippen LogP contribution in [0.4, 0.5) is 4.39 Å². The Balaban J connectivity index is 1.79. The lowest BCUT2D eigenvalue weighted by molar-refractivity contribution is 0.485. The van der Waals surface area contributed by atoms with Crippen LogP contribution < -0.4 is 5.69 Å². The number of hydrogen-bond donors (Lipinski definition) is 0. The normalized spacial score (nSPS) is 13.7. The molecule has 0 amide bonds. The maximum atomic E-state index is 13.6. The van der Waals surface area contributed by atoms with Crippen LogP contribution in [0.25, 0.3) is 22.8 Å². The second-order valence-electron chi connectivity index (χ2n) is 8.15. The summed E-state index contributed by atoms with van der Waals surface area (Å²) >= 11 is 0. The van der Waals surface area contributed by atoms with Gasteiger partial charge in [-0.25, -0.2) is 22.3 Å². The number of rotatable bonds is 6. The molecule has 2 aromatic carbocycles. The van der Waals surface area contributed by atoms with Crippen molar-refractivity contribution in [2.45, 2.75) is 31.7 Å². The van der Waals surface area contributed by atoms with E-state index in [1.165, 1.54) is 21.5 Å². The third kappa shape index (κ3) is 3.45. The summed E-state index contributed by atoms with van der Waals surface area (Å²) in [4.78, 5) is 13.6. The third-order valence-electron chi connectivity index (χ3n) is 5.90. The van der Waals surface area contributed by atoms with Gasteiger partial charge in [-0.3, -0.25) is 4.57 Å². The zero-order chi connectivity index (χ0) is 24.0. The van der Waals surface area contributed by atoms with Crippen molar-refractivity contribution in [2.75, 3.05) is 0 Å². The molecule has 0 N–H and O–H groups in total. The highest BCUT2D eigenvalue weighted by molar-refractivity contribution is 7.90. The summed E-state index contributed by atoms with van der Waals surface area (Å²) in [6.07, 6.45) is 2.50. The van der Waals surface area contributed by atoms with Gasteiger partial charge in [0.05, 0.1) is 45.8 Å². The first-order chi connectivity index (χ1) is 16.4. The second-order valence-corrected chi connectivity index (χ2v) is 10.2. The molecule has 0 spiro atoms. The van der Waals surface area contributed by atoms with Crippen LogP contribution >= 0.6 is 0 Å². The fourth-order valence-electron chi connectivity index (χ4n) is 4.07. The van der Waals surface area contributed by atoms with Crippen LogP contribution in [0.1, 0.15) is 29.7 Å². The Kier molecular flexibility index (Phi) is 5.21. The lowest BCUT2D eigenvalue weighted by Crippen LogP contribution is -2.32. The number of aromatic nitrogens is 4. The van der Waals surface area contributed by atoms with Gasteiger partial charge in [-0.05, 0) is 67.8 Å². The van der Waals surface area contributed by atoms with Crippen molar-refractivity contribution in [3.05, 3.63) is 88.1 Å². The summed E-state index contributed by atoms with van der Waals surface area (Å²) in [5.74, 6) is 0. The van der Waals surface area contributed by atoms with Gasteiger partial charge < -0.3 is 0 Å². The Hall–Kier alpha value is -3.97. The highest BCUT2D eigenvalue weighted by Gasteiger charge is 2.41. The van der Waals surface area contributed by atoms with Crippen LogP contribution in [0.15, 0.2) is 65.6 Å². The summed E-state index contributed by atoms with van der Waals surface area (Å²) in [6.45, 7) is 0.953. The van der Waals surface area contributed by atoms with Crippen LogP contribution in [-0.4, -0.2) is 32.0 Å². The molecule has 34 heavy (non-hydrogen) atoms. The molecular weight excluding hydrogens is 457 g/mol. The Morgan fingerprint density at radius 1 is 1.12 bits per heavy atom. The molecule has 10 heteroatoms. The molecule has 1 aliphatic rings. The van der Waals surface area contributed by atoms with Gasteiger partial charge in [-0.15, -0.1) is 0 Å². The summed E-state index contributed by atoms with van der Waals surface area (Å²) in [5.41, 5.74) is 2.10. The molecular formula is C24H20FN5O3S. The van der Waals surface area contributed by atoms with E-state index >= 15 is 0 Å². The minimum atomic E-state index is -3.96. The largest absolute Gasteiger partial charge is 0.347 e. The van der Waals surface area contributed by atoms with Crippen LogP contribution in [0.2, 0.25) is 0 Å². The molecule has 0 atom stereocenters. The van der Waals surface area contributed by atoms with Gasteiger partial charge in [0.15, 0.2) is 0 Å². The predicted molar refractivity (Wildman–Crippen MR) is 124 cm³/mol. The van der Waals surface area contributed by atoms with E-state index in [4.69, 9.17) is 5.26 Å². The lowest BCUT2D eigenvalue weighted by Gasteiger charge is -2.11. The molecule has 1 saturated carbocycles. The first-order valence-electron chi connectivity index (χ1n) is 10.7. The Morgan fingerprint density at radius 2 is 1.85 bits per heavy atom. The average molecular weight is 478 g/mol. The number of alkyl halides is 1. The molecule has 0 aliphatic heterocycles. The van der Waals surface area contributed by atoms with Crippen molar-refractivity contribution >= 4 is 10.0 Å². The summed E-state index contributed by atoms with van der Waals surface area (Å²) < 4.78 is 43.8. The monoisotopic (exact) mass is 477 g/mol. The minimum Gasteiger partial charge on any atom is -0.264 e. The van der Waals surface area contributed by atoms with Crippen molar-refractivity contribution in [1.82, 2.24) is 18.3 Å². The fourth-order valence-corrected chi connectivity index (χ4v) is 5.88. The van der Waals surface area contributed by atoms with E-state index in [0.29, 0.717) is 46.7 Å². The molecule has 0 radical (unpaired) electrons. The van der Waals surface area contributed by atoms with Gasteiger partial charge in [-0.2, -0.15) is 14.3 Å². The average Bonchev–Trinajstić information content (AvgIpc) is 3.55. The van der Waals surface area contributed by atoms with Gasteiger partial charge in [0.1, 0.15) is 12.4 Å². The summed E-state index contributed by atoms with van der Waals surface area (Å²) in [7, 11) is -3.96. The van der Waals surface area contributed by atoms with Crippen molar-refractivity contribution in [3.8, 4) is 28.8 Å². The molecule has 0 bridgehead atoms. The zero-order valence-electron chi connectivity index (χ0n) is 18.2. The second kappa shape index (κ2) is 8.11. The van der Waals surface area contributed by atoms with E-state index in [2.05, 4.69) is 11.2 Å². The van der Waals surface area contributed by atoms with Crippen molar-refractivity contribution in [3.63, 3.8) is 0 Å². The highest BCUT2D eigenvalue weighted by atomic mass is 32.2. The van der Waals surface area contributed by atoms with E-state index in [-0.39, 0.29) is 5.69 Å². The van der Waals surface area contributed by atoms with Gasteiger partial charge in [0, 0.05) is 0 Å². The van der Waals surface area contributed by atoms with Crippen LogP contribution in [0.3, 0.4) is 0 Å². The molecule has 172 valence electrons. The van der Waals surface area contributed by atoms with Crippen molar-refractivity contribution in [1.29, 1.82) is 5.26 Å². The topological polar surface area (TPSA) is 103 Å². The SMILES string of the molecule is Cc1c(-c2ccnn2-c2ccc(C#N)cc2)n(S(=O)(=O)C2CC2)c(=O)n1-c1cccc(CF)c1. The minimum absolute atomic E-state index is 0.199. The quantitative estimate of drug-likeness (QED) is 0.423.